The minimum absolute atomic E-state index is 0.108. The first-order valence-corrected chi connectivity index (χ1v) is 7.21. The van der Waals surface area contributed by atoms with Crippen LogP contribution in [0.5, 0.6) is 0 Å². The number of nitrogens with zero attached hydrogens (tertiary/aromatic N) is 1. The molecule has 21 heavy (non-hydrogen) atoms. The number of carbonyl (C=O) groups excluding carboxylic acids is 1. The summed E-state index contributed by atoms with van der Waals surface area (Å²) < 4.78 is 0. The number of anilines is 1. The Balaban J connectivity index is 2.15. The lowest BCUT2D eigenvalue weighted by atomic mass is 10.0. The third-order valence-corrected chi connectivity index (χ3v) is 3.76. The van der Waals surface area contributed by atoms with E-state index in [2.05, 4.69) is 6.92 Å². The Morgan fingerprint density at radius 3 is 2.19 bits per heavy atom. The Morgan fingerprint density at radius 1 is 1.10 bits per heavy atom. The van der Waals surface area contributed by atoms with Crippen molar-refractivity contribution in [2.45, 2.75) is 26.3 Å². The van der Waals surface area contributed by atoms with Gasteiger partial charge in [0, 0.05) is 12.7 Å². The topological polar surface area (TPSA) is 46.3 Å². The van der Waals surface area contributed by atoms with E-state index in [0.29, 0.717) is 0 Å². The van der Waals surface area contributed by atoms with Gasteiger partial charge in [0.1, 0.15) is 6.04 Å². The zero-order chi connectivity index (χ0) is 15.4. The monoisotopic (exact) mass is 282 g/mol. The van der Waals surface area contributed by atoms with Crippen molar-refractivity contribution >= 4 is 11.6 Å². The molecular formula is C18H22N2O. The van der Waals surface area contributed by atoms with Crippen LogP contribution < -0.4 is 10.6 Å². The van der Waals surface area contributed by atoms with Crippen LogP contribution in [0, 0.1) is 6.92 Å². The predicted octanol–water partition coefficient (Wildman–Crippen LogP) is 3.22. The van der Waals surface area contributed by atoms with Crippen LogP contribution in [0.2, 0.25) is 0 Å². The molecule has 0 aliphatic heterocycles. The minimum Gasteiger partial charge on any atom is -0.316 e. The number of hydrogen-bond donors (Lipinski definition) is 1. The SMILES string of the molecule is CCc1ccc(N(C)C(=O)C(N)c2ccc(C)cc2)cc1. The van der Waals surface area contributed by atoms with Gasteiger partial charge in [-0.15, -0.1) is 0 Å². The highest BCUT2D eigenvalue weighted by Crippen LogP contribution is 2.19. The lowest BCUT2D eigenvalue weighted by Crippen LogP contribution is -2.35. The number of likely N-dealkylation sites (N-methyl/N-ethyl adjacent to an activating group) is 1. The highest BCUT2D eigenvalue weighted by Gasteiger charge is 2.20. The average Bonchev–Trinajstić information content (AvgIpc) is 2.53. The fourth-order valence-corrected chi connectivity index (χ4v) is 2.21. The quantitative estimate of drug-likeness (QED) is 0.936. The van der Waals surface area contributed by atoms with Crippen LogP contribution in [0.3, 0.4) is 0 Å². The lowest BCUT2D eigenvalue weighted by Gasteiger charge is -2.22. The van der Waals surface area contributed by atoms with Crippen molar-refractivity contribution < 1.29 is 4.79 Å². The van der Waals surface area contributed by atoms with E-state index in [-0.39, 0.29) is 5.91 Å². The Bertz CT molecular complexity index is 602. The number of carbonyl (C=O) groups is 1. The molecule has 110 valence electrons. The van der Waals surface area contributed by atoms with Crippen LogP contribution in [-0.4, -0.2) is 13.0 Å². The molecule has 1 unspecified atom stereocenters. The van der Waals surface area contributed by atoms with Crippen molar-refractivity contribution in [2.24, 2.45) is 5.73 Å². The van der Waals surface area contributed by atoms with E-state index in [9.17, 15) is 4.79 Å². The van der Waals surface area contributed by atoms with E-state index in [4.69, 9.17) is 5.73 Å². The second kappa shape index (κ2) is 6.55. The van der Waals surface area contributed by atoms with E-state index in [1.807, 2.05) is 55.5 Å². The second-order valence-electron chi connectivity index (χ2n) is 5.31. The molecule has 0 heterocycles. The largest absolute Gasteiger partial charge is 0.316 e. The minimum atomic E-state index is -0.638. The highest BCUT2D eigenvalue weighted by molar-refractivity contribution is 5.97. The molecule has 3 heteroatoms. The molecule has 2 N–H and O–H groups in total. The van der Waals surface area contributed by atoms with Gasteiger partial charge in [0.05, 0.1) is 0 Å². The molecule has 0 aliphatic carbocycles. The molecule has 0 aromatic heterocycles. The van der Waals surface area contributed by atoms with Crippen LogP contribution in [0.15, 0.2) is 48.5 Å². The van der Waals surface area contributed by atoms with E-state index in [1.54, 1.807) is 11.9 Å². The van der Waals surface area contributed by atoms with Gasteiger partial charge in [0.25, 0.3) is 0 Å². The summed E-state index contributed by atoms with van der Waals surface area (Å²) in [6.07, 6.45) is 0.987. The van der Waals surface area contributed by atoms with Crippen LogP contribution in [0.1, 0.15) is 29.7 Å². The van der Waals surface area contributed by atoms with Gasteiger partial charge in [-0.05, 0) is 36.6 Å². The summed E-state index contributed by atoms with van der Waals surface area (Å²) in [4.78, 5) is 14.1. The fourth-order valence-electron chi connectivity index (χ4n) is 2.21. The molecule has 1 atom stereocenters. The Labute approximate surface area is 126 Å². The van der Waals surface area contributed by atoms with Gasteiger partial charge in [0.15, 0.2) is 0 Å². The third-order valence-electron chi connectivity index (χ3n) is 3.76. The van der Waals surface area contributed by atoms with E-state index in [0.717, 1.165) is 23.2 Å². The Hall–Kier alpha value is -2.13. The van der Waals surface area contributed by atoms with Crippen LogP contribution in [0.4, 0.5) is 5.69 Å². The summed E-state index contributed by atoms with van der Waals surface area (Å²) in [7, 11) is 1.76. The second-order valence-corrected chi connectivity index (χ2v) is 5.31. The molecule has 3 nitrogen and oxygen atoms in total. The first-order valence-electron chi connectivity index (χ1n) is 7.21. The number of aryl methyl sites for hydroxylation is 2. The summed E-state index contributed by atoms with van der Waals surface area (Å²) in [5.41, 5.74) is 10.2. The summed E-state index contributed by atoms with van der Waals surface area (Å²) in [6.45, 7) is 4.12. The average molecular weight is 282 g/mol. The van der Waals surface area contributed by atoms with Gasteiger partial charge in [-0.25, -0.2) is 0 Å². The van der Waals surface area contributed by atoms with Crippen molar-refractivity contribution in [3.05, 3.63) is 65.2 Å². The zero-order valence-corrected chi connectivity index (χ0v) is 12.8. The Kier molecular flexibility index (Phi) is 4.76. The summed E-state index contributed by atoms with van der Waals surface area (Å²) in [6, 6.07) is 15.1. The molecule has 0 spiro atoms. The maximum Gasteiger partial charge on any atom is 0.248 e. The Morgan fingerprint density at radius 2 is 1.67 bits per heavy atom. The van der Waals surface area contributed by atoms with E-state index >= 15 is 0 Å². The van der Waals surface area contributed by atoms with Gasteiger partial charge in [0.2, 0.25) is 5.91 Å². The van der Waals surface area contributed by atoms with Crippen LogP contribution in [-0.2, 0) is 11.2 Å². The van der Waals surface area contributed by atoms with Gasteiger partial charge < -0.3 is 10.6 Å². The predicted molar refractivity (Wildman–Crippen MR) is 87.3 cm³/mol. The van der Waals surface area contributed by atoms with Crippen LogP contribution in [0.25, 0.3) is 0 Å². The van der Waals surface area contributed by atoms with Gasteiger partial charge in [-0.3, -0.25) is 4.79 Å². The number of amides is 1. The molecule has 2 aromatic carbocycles. The van der Waals surface area contributed by atoms with Crippen molar-refractivity contribution in [1.82, 2.24) is 0 Å². The zero-order valence-electron chi connectivity index (χ0n) is 12.8. The molecule has 0 radical (unpaired) electrons. The molecule has 0 saturated heterocycles. The molecule has 1 amide bonds. The lowest BCUT2D eigenvalue weighted by molar-refractivity contribution is -0.119. The normalized spacial score (nSPS) is 12.0. The molecule has 2 aromatic rings. The van der Waals surface area contributed by atoms with Crippen molar-refractivity contribution in [3.8, 4) is 0 Å². The molecular weight excluding hydrogens is 260 g/mol. The van der Waals surface area contributed by atoms with Gasteiger partial charge >= 0.3 is 0 Å². The number of benzene rings is 2. The maximum atomic E-state index is 12.5. The molecule has 2 rings (SSSR count). The van der Waals surface area contributed by atoms with Crippen molar-refractivity contribution in [1.29, 1.82) is 0 Å². The molecule has 0 fully saturated rings. The highest BCUT2D eigenvalue weighted by atomic mass is 16.2. The number of rotatable bonds is 4. The van der Waals surface area contributed by atoms with E-state index < -0.39 is 6.04 Å². The standard InChI is InChI=1S/C18H22N2O/c1-4-14-7-11-16(12-8-14)20(3)18(21)17(19)15-9-5-13(2)6-10-15/h5-12,17H,4,19H2,1-3H3. The first kappa shape index (κ1) is 15.3. The van der Waals surface area contributed by atoms with Crippen molar-refractivity contribution in [3.63, 3.8) is 0 Å². The molecule has 0 aliphatic rings. The van der Waals surface area contributed by atoms with Gasteiger partial charge in [-0.1, -0.05) is 48.9 Å². The number of hydrogen-bond acceptors (Lipinski definition) is 2. The summed E-state index contributed by atoms with van der Waals surface area (Å²) >= 11 is 0. The summed E-state index contributed by atoms with van der Waals surface area (Å²) in [5.74, 6) is -0.108. The van der Waals surface area contributed by atoms with Gasteiger partial charge in [-0.2, -0.15) is 0 Å². The van der Waals surface area contributed by atoms with E-state index in [1.165, 1.54) is 5.56 Å². The number of nitrogens with two attached hydrogens (primary N) is 1. The van der Waals surface area contributed by atoms with Crippen LogP contribution >= 0.6 is 0 Å². The first-order chi connectivity index (χ1) is 10.0. The fraction of sp³-hybridized carbons (Fsp3) is 0.278. The van der Waals surface area contributed by atoms with Crippen molar-refractivity contribution in [2.75, 3.05) is 11.9 Å². The smallest absolute Gasteiger partial charge is 0.248 e. The molecule has 0 bridgehead atoms. The molecule has 0 saturated carbocycles. The third kappa shape index (κ3) is 3.50. The maximum absolute atomic E-state index is 12.5. The summed E-state index contributed by atoms with van der Waals surface area (Å²) in [5, 5.41) is 0.